The number of nitrogens with one attached hydrogen (secondary N) is 2. The molecule has 0 fully saturated rings. The van der Waals surface area contributed by atoms with E-state index in [-0.39, 0.29) is 22.0 Å². The molecule has 0 spiro atoms. The Kier molecular flexibility index (Phi) is 5.25. The van der Waals surface area contributed by atoms with Gasteiger partial charge in [0, 0.05) is 22.4 Å². The Morgan fingerprint density at radius 3 is 2.58 bits per heavy atom. The third-order valence-electron chi connectivity index (χ3n) is 4.51. The topological polar surface area (TPSA) is 151 Å². The van der Waals surface area contributed by atoms with Crippen LogP contribution >= 0.6 is 11.8 Å². The monoisotopic (exact) mass is 457 g/mol. The smallest absolute Gasteiger partial charge is 0.273 e. The van der Waals surface area contributed by atoms with E-state index in [4.69, 9.17) is 0 Å². The Balaban J connectivity index is 1.81. The summed E-state index contributed by atoms with van der Waals surface area (Å²) in [5.41, 5.74) is 0.267. The fraction of sp³-hybridized carbons (Fsp3) is 0.0526. The zero-order valence-corrected chi connectivity index (χ0v) is 17.6. The van der Waals surface area contributed by atoms with Crippen molar-refractivity contribution in [2.75, 3.05) is 4.72 Å². The average molecular weight is 457 g/mol. The minimum Gasteiger partial charge on any atom is -0.506 e. The summed E-state index contributed by atoms with van der Waals surface area (Å²) in [5.74, 6) is -0.0362. The highest BCUT2D eigenvalue weighted by Gasteiger charge is 2.22. The van der Waals surface area contributed by atoms with Gasteiger partial charge in [-0.15, -0.1) is 0 Å². The number of aromatic nitrogens is 3. The van der Waals surface area contributed by atoms with E-state index in [1.54, 1.807) is 24.3 Å². The number of aromatic amines is 1. The number of nitrogens with zero attached hydrogens (tertiary/aromatic N) is 3. The van der Waals surface area contributed by atoms with E-state index >= 15 is 0 Å². The van der Waals surface area contributed by atoms with Crippen LogP contribution in [0, 0.1) is 17.0 Å². The van der Waals surface area contributed by atoms with Crippen LogP contribution in [0.4, 0.5) is 11.4 Å². The normalized spacial score (nSPS) is 11.5. The lowest BCUT2D eigenvalue weighted by atomic mass is 10.1. The summed E-state index contributed by atoms with van der Waals surface area (Å²) in [5, 5.41) is 29.6. The molecule has 0 aliphatic rings. The SMILES string of the molecule is Cc1ccc(S(=O)(=O)Nc2cc(Sc3ncn[nH]3)c(O)c3ccccc23)cc1[N+](=O)[O-]. The van der Waals surface area contributed by atoms with Crippen LogP contribution in [0.25, 0.3) is 10.8 Å². The van der Waals surface area contributed by atoms with Gasteiger partial charge in [-0.25, -0.2) is 13.4 Å². The number of anilines is 1. The van der Waals surface area contributed by atoms with Crippen LogP contribution in [-0.2, 0) is 10.0 Å². The van der Waals surface area contributed by atoms with Crippen LogP contribution in [0.5, 0.6) is 5.75 Å². The van der Waals surface area contributed by atoms with Gasteiger partial charge in [0.05, 0.1) is 20.4 Å². The van der Waals surface area contributed by atoms with Gasteiger partial charge in [-0.3, -0.25) is 19.9 Å². The highest BCUT2D eigenvalue weighted by Crippen LogP contribution is 2.42. The second kappa shape index (κ2) is 7.89. The fourth-order valence-electron chi connectivity index (χ4n) is 3.00. The zero-order valence-electron chi connectivity index (χ0n) is 15.9. The van der Waals surface area contributed by atoms with E-state index in [0.717, 1.165) is 17.8 Å². The highest BCUT2D eigenvalue weighted by molar-refractivity contribution is 7.99. The molecular weight excluding hydrogens is 442 g/mol. The first-order valence-electron chi connectivity index (χ1n) is 8.82. The molecule has 0 aliphatic heterocycles. The molecule has 0 amide bonds. The molecule has 10 nitrogen and oxygen atoms in total. The van der Waals surface area contributed by atoms with Crippen LogP contribution < -0.4 is 4.72 Å². The molecule has 0 aliphatic carbocycles. The number of aryl methyl sites for hydroxylation is 1. The summed E-state index contributed by atoms with van der Waals surface area (Å²) in [6, 6.07) is 11.9. The van der Waals surface area contributed by atoms with Gasteiger partial charge in [-0.05, 0) is 30.8 Å². The summed E-state index contributed by atoms with van der Waals surface area (Å²) in [6.45, 7) is 1.53. The number of hydrogen-bond acceptors (Lipinski definition) is 8. The molecule has 3 N–H and O–H groups in total. The average Bonchev–Trinajstić information content (AvgIpc) is 3.24. The third kappa shape index (κ3) is 4.02. The molecule has 4 aromatic rings. The predicted molar refractivity (Wildman–Crippen MR) is 115 cm³/mol. The third-order valence-corrected chi connectivity index (χ3v) is 6.80. The van der Waals surface area contributed by atoms with Crippen LogP contribution in [0.15, 0.2) is 69.8 Å². The number of hydrogen-bond donors (Lipinski definition) is 3. The van der Waals surface area contributed by atoms with Crippen LogP contribution in [-0.4, -0.2) is 33.6 Å². The number of nitro benzene ring substituents is 1. The molecule has 12 heteroatoms. The number of phenols is 1. The van der Waals surface area contributed by atoms with Crippen molar-refractivity contribution in [1.82, 2.24) is 15.2 Å². The number of rotatable bonds is 6. The number of benzene rings is 3. The predicted octanol–water partition coefficient (Wildman–Crippen LogP) is 3.83. The van der Waals surface area contributed by atoms with E-state index in [1.165, 1.54) is 31.5 Å². The number of fused-ring (bicyclic) bond motifs is 1. The number of nitro groups is 1. The first kappa shape index (κ1) is 20.6. The Morgan fingerprint density at radius 1 is 1.16 bits per heavy atom. The zero-order chi connectivity index (χ0) is 22.2. The largest absolute Gasteiger partial charge is 0.506 e. The summed E-state index contributed by atoms with van der Waals surface area (Å²) in [7, 11) is -4.15. The van der Waals surface area contributed by atoms with Crippen molar-refractivity contribution in [2.24, 2.45) is 0 Å². The molecule has 1 aromatic heterocycles. The molecule has 4 rings (SSSR count). The van der Waals surface area contributed by atoms with E-state index < -0.39 is 14.9 Å². The number of aromatic hydroxyl groups is 1. The van der Waals surface area contributed by atoms with Gasteiger partial charge in [0.25, 0.3) is 15.7 Å². The van der Waals surface area contributed by atoms with E-state index in [0.29, 0.717) is 26.4 Å². The van der Waals surface area contributed by atoms with Gasteiger partial charge < -0.3 is 5.11 Å². The van der Waals surface area contributed by atoms with Crippen molar-refractivity contribution < 1.29 is 18.4 Å². The molecule has 0 saturated carbocycles. The molecule has 1 heterocycles. The maximum absolute atomic E-state index is 13.0. The molecule has 0 radical (unpaired) electrons. The first-order valence-corrected chi connectivity index (χ1v) is 11.1. The van der Waals surface area contributed by atoms with Crippen LogP contribution in [0.3, 0.4) is 0 Å². The summed E-state index contributed by atoms with van der Waals surface area (Å²) >= 11 is 1.08. The van der Waals surface area contributed by atoms with Crippen LogP contribution in [0.1, 0.15) is 5.56 Å². The van der Waals surface area contributed by atoms with Crippen molar-refractivity contribution in [2.45, 2.75) is 21.9 Å². The minimum atomic E-state index is -4.15. The lowest BCUT2D eigenvalue weighted by Gasteiger charge is -2.14. The van der Waals surface area contributed by atoms with Gasteiger partial charge in [-0.2, -0.15) is 5.10 Å². The first-order chi connectivity index (χ1) is 14.8. The van der Waals surface area contributed by atoms with Crippen molar-refractivity contribution in [3.8, 4) is 5.75 Å². The molecular formula is C19H15N5O5S2. The van der Waals surface area contributed by atoms with Crippen molar-refractivity contribution in [3.63, 3.8) is 0 Å². The van der Waals surface area contributed by atoms with Gasteiger partial charge in [0.2, 0.25) is 0 Å². The van der Waals surface area contributed by atoms with Crippen molar-refractivity contribution in [1.29, 1.82) is 0 Å². The summed E-state index contributed by atoms with van der Waals surface area (Å²) in [4.78, 5) is 14.7. The van der Waals surface area contributed by atoms with Gasteiger partial charge >= 0.3 is 0 Å². The van der Waals surface area contributed by atoms with E-state index in [1.807, 2.05) is 0 Å². The van der Waals surface area contributed by atoms with Gasteiger partial charge in [0.1, 0.15) is 12.1 Å². The maximum atomic E-state index is 13.0. The second-order valence-corrected chi connectivity index (χ2v) is 9.23. The number of H-pyrrole nitrogens is 1. The Hall–Kier alpha value is -3.64. The minimum absolute atomic E-state index is 0.0362. The second-order valence-electron chi connectivity index (χ2n) is 6.52. The number of sulfonamides is 1. The molecule has 0 atom stereocenters. The molecule has 3 aromatic carbocycles. The van der Waals surface area contributed by atoms with Crippen LogP contribution in [0.2, 0.25) is 0 Å². The molecule has 0 unspecified atom stereocenters. The quantitative estimate of drug-likeness (QED) is 0.224. The molecule has 158 valence electrons. The lowest BCUT2D eigenvalue weighted by Crippen LogP contribution is -2.14. The van der Waals surface area contributed by atoms with E-state index in [9.17, 15) is 23.6 Å². The van der Waals surface area contributed by atoms with Crippen molar-refractivity contribution >= 4 is 43.9 Å². The summed E-state index contributed by atoms with van der Waals surface area (Å²) < 4.78 is 28.5. The molecule has 0 saturated heterocycles. The lowest BCUT2D eigenvalue weighted by molar-refractivity contribution is -0.385. The van der Waals surface area contributed by atoms with Crippen molar-refractivity contribution in [3.05, 3.63) is 70.5 Å². The maximum Gasteiger partial charge on any atom is 0.273 e. The number of phenolic OH excluding ortho intramolecular Hbond substituents is 1. The standard InChI is InChI=1S/C19H15N5O5S2/c1-11-6-7-12(8-16(11)24(26)27)31(28,29)23-15-9-17(30-19-20-10-21-22-19)18(25)14-5-3-2-4-13(14)15/h2-10,23,25H,1H3,(H,20,21,22). The molecule has 31 heavy (non-hydrogen) atoms. The highest BCUT2D eigenvalue weighted by atomic mass is 32.2. The fourth-order valence-corrected chi connectivity index (χ4v) is 4.88. The van der Waals surface area contributed by atoms with Gasteiger partial charge in [-0.1, -0.05) is 30.3 Å². The van der Waals surface area contributed by atoms with Gasteiger partial charge in [0.15, 0.2) is 5.16 Å². The Labute approximate surface area is 180 Å². The Morgan fingerprint density at radius 2 is 1.90 bits per heavy atom. The Bertz CT molecular complexity index is 1400. The molecule has 0 bridgehead atoms. The van der Waals surface area contributed by atoms with E-state index in [2.05, 4.69) is 19.9 Å². The summed E-state index contributed by atoms with van der Waals surface area (Å²) in [6.07, 6.45) is 1.31.